The molecule has 1 radical (unpaired) electrons. The van der Waals surface area contributed by atoms with Gasteiger partial charge in [0.05, 0.1) is 0 Å². The lowest BCUT2D eigenvalue weighted by Crippen LogP contribution is -2.38. The predicted molar refractivity (Wildman–Crippen MR) is 42.5 cm³/mol. The van der Waals surface area contributed by atoms with Crippen LogP contribution in [-0.2, 0) is 0 Å². The fraction of sp³-hybridized carbons (Fsp3) is 0.750. The molecular formula is C8H15N2. The lowest BCUT2D eigenvalue weighted by molar-refractivity contribution is 0.244. The van der Waals surface area contributed by atoms with E-state index in [1.165, 1.54) is 25.9 Å². The Morgan fingerprint density at radius 2 is 2.10 bits per heavy atom. The first-order valence-electron chi connectivity index (χ1n) is 3.81. The summed E-state index contributed by atoms with van der Waals surface area (Å²) in [5.74, 6) is 0. The monoisotopic (exact) mass is 139 g/mol. The van der Waals surface area contributed by atoms with E-state index in [-0.39, 0.29) is 0 Å². The Balaban J connectivity index is 2.19. The molecule has 57 valence electrons. The molecule has 0 bridgehead atoms. The van der Waals surface area contributed by atoms with Crippen LogP contribution in [0.4, 0.5) is 0 Å². The van der Waals surface area contributed by atoms with Crippen molar-refractivity contribution in [2.75, 3.05) is 20.1 Å². The van der Waals surface area contributed by atoms with Gasteiger partial charge in [-0.15, -0.1) is 0 Å². The van der Waals surface area contributed by atoms with Crippen LogP contribution in [0.3, 0.4) is 0 Å². The summed E-state index contributed by atoms with van der Waals surface area (Å²) < 4.78 is 0. The number of piperidine rings is 1. The van der Waals surface area contributed by atoms with Gasteiger partial charge in [0, 0.05) is 6.04 Å². The third kappa shape index (κ3) is 2.03. The lowest BCUT2D eigenvalue weighted by atomic mass is 10.1. The molecule has 1 aliphatic rings. The number of nitrogens with one attached hydrogen (secondary N) is 1. The molecule has 2 nitrogen and oxygen atoms in total. The molecule has 0 amide bonds. The first-order chi connectivity index (χ1) is 4.83. The van der Waals surface area contributed by atoms with E-state index < -0.39 is 0 Å². The minimum atomic E-state index is 0.612. The molecule has 10 heavy (non-hydrogen) atoms. The van der Waals surface area contributed by atoms with Crippen LogP contribution in [0.2, 0.25) is 0 Å². The second-order valence-electron chi connectivity index (χ2n) is 2.91. The van der Waals surface area contributed by atoms with Crippen LogP contribution < -0.4 is 5.32 Å². The molecule has 0 saturated carbocycles. The Bertz CT molecular complexity index is 104. The maximum atomic E-state index is 5.24. The number of rotatable bonds is 2. The molecule has 0 unspecified atom stereocenters. The molecule has 0 aromatic heterocycles. The van der Waals surface area contributed by atoms with Crippen molar-refractivity contribution in [3.63, 3.8) is 0 Å². The molecule has 2 heteroatoms. The van der Waals surface area contributed by atoms with Gasteiger partial charge < -0.3 is 10.2 Å². The Morgan fingerprint density at radius 3 is 2.60 bits per heavy atom. The van der Waals surface area contributed by atoms with Gasteiger partial charge >= 0.3 is 0 Å². The summed E-state index contributed by atoms with van der Waals surface area (Å²) in [6.07, 6.45) is 3.98. The van der Waals surface area contributed by atoms with E-state index in [0.29, 0.717) is 6.04 Å². The number of hydrogen-bond donors (Lipinski definition) is 1. The van der Waals surface area contributed by atoms with Gasteiger partial charge in [0.2, 0.25) is 0 Å². The minimum absolute atomic E-state index is 0.612. The van der Waals surface area contributed by atoms with E-state index in [4.69, 9.17) is 6.58 Å². The molecule has 0 aliphatic carbocycles. The molecule has 0 aromatic carbocycles. The maximum Gasteiger partial charge on any atom is 0.0280 e. The SMILES string of the molecule is [CH]=CNC1CCN(C)CC1. The molecule has 0 aromatic rings. The van der Waals surface area contributed by atoms with Crippen molar-refractivity contribution in [1.82, 2.24) is 10.2 Å². The Hall–Kier alpha value is -0.500. The van der Waals surface area contributed by atoms with Crippen molar-refractivity contribution in [1.29, 1.82) is 0 Å². The summed E-state index contributed by atoms with van der Waals surface area (Å²) in [4.78, 5) is 2.34. The highest BCUT2D eigenvalue weighted by Gasteiger charge is 2.13. The normalized spacial score (nSPS) is 22.5. The Kier molecular flexibility index (Phi) is 2.75. The number of hydrogen-bond acceptors (Lipinski definition) is 2. The molecule has 1 heterocycles. The summed E-state index contributed by atoms with van der Waals surface area (Å²) >= 11 is 0. The summed E-state index contributed by atoms with van der Waals surface area (Å²) in [7, 11) is 2.16. The van der Waals surface area contributed by atoms with Gasteiger partial charge in [-0.1, -0.05) is 0 Å². The van der Waals surface area contributed by atoms with Crippen molar-refractivity contribution in [3.8, 4) is 0 Å². The largest absolute Gasteiger partial charge is 0.388 e. The van der Waals surface area contributed by atoms with Gasteiger partial charge in [0.15, 0.2) is 0 Å². The highest BCUT2D eigenvalue weighted by atomic mass is 15.1. The van der Waals surface area contributed by atoms with E-state index in [1.807, 2.05) is 0 Å². The van der Waals surface area contributed by atoms with Crippen LogP contribution in [0.15, 0.2) is 6.20 Å². The zero-order valence-corrected chi connectivity index (χ0v) is 6.51. The third-order valence-electron chi connectivity index (χ3n) is 2.05. The first-order valence-corrected chi connectivity index (χ1v) is 3.81. The molecule has 1 fully saturated rings. The van der Waals surface area contributed by atoms with Crippen LogP contribution in [-0.4, -0.2) is 31.1 Å². The average molecular weight is 139 g/mol. The van der Waals surface area contributed by atoms with E-state index in [9.17, 15) is 0 Å². The van der Waals surface area contributed by atoms with Crippen molar-refractivity contribution >= 4 is 0 Å². The Labute approximate surface area is 62.9 Å². The van der Waals surface area contributed by atoms with Gasteiger partial charge in [-0.3, -0.25) is 0 Å². The second kappa shape index (κ2) is 3.62. The quantitative estimate of drug-likeness (QED) is 0.603. The van der Waals surface area contributed by atoms with Gasteiger partial charge in [-0.25, -0.2) is 0 Å². The van der Waals surface area contributed by atoms with Crippen LogP contribution in [0.25, 0.3) is 0 Å². The zero-order chi connectivity index (χ0) is 7.40. The van der Waals surface area contributed by atoms with Crippen molar-refractivity contribution in [3.05, 3.63) is 12.8 Å². The fourth-order valence-corrected chi connectivity index (χ4v) is 1.31. The standard InChI is InChI=1S/C8H15N2/c1-3-9-8-4-6-10(2)7-5-8/h1,3,8-9H,4-7H2,2H3. The van der Waals surface area contributed by atoms with Gasteiger partial charge in [0.25, 0.3) is 0 Å². The van der Waals surface area contributed by atoms with Crippen LogP contribution in [0, 0.1) is 6.58 Å². The topological polar surface area (TPSA) is 15.3 Å². The van der Waals surface area contributed by atoms with Gasteiger partial charge in [-0.05, 0) is 45.8 Å². The lowest BCUT2D eigenvalue weighted by Gasteiger charge is -2.28. The van der Waals surface area contributed by atoms with Crippen molar-refractivity contribution in [2.45, 2.75) is 18.9 Å². The number of nitrogens with zero attached hydrogens (tertiary/aromatic N) is 1. The highest BCUT2D eigenvalue weighted by Crippen LogP contribution is 2.07. The summed E-state index contributed by atoms with van der Waals surface area (Å²) in [5.41, 5.74) is 0. The van der Waals surface area contributed by atoms with E-state index >= 15 is 0 Å². The van der Waals surface area contributed by atoms with E-state index in [2.05, 4.69) is 17.3 Å². The fourth-order valence-electron chi connectivity index (χ4n) is 1.31. The molecule has 1 aliphatic heterocycles. The van der Waals surface area contributed by atoms with Gasteiger partial charge in [0.1, 0.15) is 0 Å². The Morgan fingerprint density at radius 1 is 1.50 bits per heavy atom. The minimum Gasteiger partial charge on any atom is -0.388 e. The predicted octanol–water partition coefficient (Wildman–Crippen LogP) is 0.617. The average Bonchev–Trinajstić information content (AvgIpc) is 1.95. The molecule has 0 spiro atoms. The molecule has 1 rings (SSSR count). The highest BCUT2D eigenvalue weighted by molar-refractivity contribution is 4.78. The number of likely N-dealkylation sites (tertiary alicyclic amines) is 1. The van der Waals surface area contributed by atoms with Crippen molar-refractivity contribution in [2.24, 2.45) is 0 Å². The summed E-state index contributed by atoms with van der Waals surface area (Å²) in [5, 5.41) is 3.13. The van der Waals surface area contributed by atoms with E-state index in [1.54, 1.807) is 6.20 Å². The molecular weight excluding hydrogens is 124 g/mol. The molecule has 1 saturated heterocycles. The first kappa shape index (κ1) is 7.61. The van der Waals surface area contributed by atoms with Crippen LogP contribution in [0.5, 0.6) is 0 Å². The summed E-state index contributed by atoms with van der Waals surface area (Å²) in [6, 6.07) is 0.612. The zero-order valence-electron chi connectivity index (χ0n) is 6.51. The van der Waals surface area contributed by atoms with Crippen LogP contribution in [0.1, 0.15) is 12.8 Å². The molecule has 0 atom stereocenters. The van der Waals surface area contributed by atoms with E-state index in [0.717, 1.165) is 0 Å². The smallest absolute Gasteiger partial charge is 0.0280 e. The van der Waals surface area contributed by atoms with Gasteiger partial charge in [-0.2, -0.15) is 0 Å². The van der Waals surface area contributed by atoms with Crippen molar-refractivity contribution < 1.29 is 0 Å². The summed E-state index contributed by atoms with van der Waals surface area (Å²) in [6.45, 7) is 7.62. The second-order valence-corrected chi connectivity index (χ2v) is 2.91. The molecule has 1 N–H and O–H groups in total. The maximum absolute atomic E-state index is 5.24. The van der Waals surface area contributed by atoms with Crippen LogP contribution >= 0.6 is 0 Å². The third-order valence-corrected chi connectivity index (χ3v) is 2.05.